The quantitative estimate of drug-likeness (QED) is 0.680. The Bertz CT molecular complexity index is 769. The van der Waals surface area contributed by atoms with Gasteiger partial charge in [0, 0.05) is 30.2 Å². The SMILES string of the molecule is C=CCNS(=O)(=O)c1ccc(C(=O)N[C@H]2C[C@H](OCC)C23CCC3)cc1. The van der Waals surface area contributed by atoms with Gasteiger partial charge in [0.2, 0.25) is 10.0 Å². The number of amides is 1. The fraction of sp³-hybridized carbons (Fsp3) is 0.526. The molecule has 0 heterocycles. The lowest BCUT2D eigenvalue weighted by molar-refractivity contribution is -0.169. The highest BCUT2D eigenvalue weighted by atomic mass is 32.2. The number of carbonyl (C=O) groups is 1. The fourth-order valence-electron chi connectivity index (χ4n) is 3.92. The van der Waals surface area contributed by atoms with Crippen LogP contribution in [-0.4, -0.2) is 39.6 Å². The number of benzene rings is 1. The van der Waals surface area contributed by atoms with E-state index < -0.39 is 10.0 Å². The summed E-state index contributed by atoms with van der Waals surface area (Å²) in [6, 6.07) is 6.12. The molecule has 2 aliphatic carbocycles. The van der Waals surface area contributed by atoms with Gasteiger partial charge in [0.15, 0.2) is 0 Å². The van der Waals surface area contributed by atoms with E-state index in [1.54, 1.807) is 12.1 Å². The molecule has 1 aromatic carbocycles. The average molecular weight is 378 g/mol. The lowest BCUT2D eigenvalue weighted by Crippen LogP contribution is -2.67. The van der Waals surface area contributed by atoms with E-state index in [0.717, 1.165) is 19.3 Å². The zero-order chi connectivity index (χ0) is 18.8. The van der Waals surface area contributed by atoms with Crippen molar-refractivity contribution >= 4 is 15.9 Å². The van der Waals surface area contributed by atoms with Crippen molar-refractivity contribution in [2.45, 2.75) is 49.6 Å². The minimum atomic E-state index is -3.58. The van der Waals surface area contributed by atoms with Gasteiger partial charge in [0.25, 0.3) is 5.91 Å². The highest BCUT2D eigenvalue weighted by molar-refractivity contribution is 7.89. The third-order valence-electron chi connectivity index (χ3n) is 5.59. The predicted molar refractivity (Wildman–Crippen MR) is 99.4 cm³/mol. The van der Waals surface area contributed by atoms with Gasteiger partial charge in [-0.15, -0.1) is 6.58 Å². The molecule has 0 aromatic heterocycles. The molecular formula is C19H26N2O4S. The fourth-order valence-corrected chi connectivity index (χ4v) is 4.92. The van der Waals surface area contributed by atoms with Gasteiger partial charge < -0.3 is 10.1 Å². The van der Waals surface area contributed by atoms with Gasteiger partial charge in [-0.05, 0) is 50.5 Å². The smallest absolute Gasteiger partial charge is 0.251 e. The van der Waals surface area contributed by atoms with Crippen LogP contribution in [-0.2, 0) is 14.8 Å². The van der Waals surface area contributed by atoms with Gasteiger partial charge in [-0.1, -0.05) is 12.5 Å². The molecule has 0 aliphatic heterocycles. The first-order chi connectivity index (χ1) is 12.4. The lowest BCUT2D eigenvalue weighted by atomic mass is 9.51. The van der Waals surface area contributed by atoms with Crippen molar-refractivity contribution in [1.82, 2.24) is 10.0 Å². The van der Waals surface area contributed by atoms with Gasteiger partial charge in [0.1, 0.15) is 0 Å². The summed E-state index contributed by atoms with van der Waals surface area (Å²) >= 11 is 0. The van der Waals surface area contributed by atoms with E-state index in [1.165, 1.54) is 24.6 Å². The van der Waals surface area contributed by atoms with E-state index in [0.29, 0.717) is 12.2 Å². The molecule has 0 bridgehead atoms. The number of carbonyl (C=O) groups excluding carboxylic acids is 1. The van der Waals surface area contributed by atoms with E-state index in [9.17, 15) is 13.2 Å². The van der Waals surface area contributed by atoms with Crippen LogP contribution in [0.4, 0.5) is 0 Å². The van der Waals surface area contributed by atoms with Crippen molar-refractivity contribution < 1.29 is 17.9 Å². The summed E-state index contributed by atoms with van der Waals surface area (Å²) in [5.41, 5.74) is 0.561. The number of sulfonamides is 1. The number of hydrogen-bond donors (Lipinski definition) is 2. The van der Waals surface area contributed by atoms with E-state index in [1.807, 2.05) is 6.92 Å². The summed E-state index contributed by atoms with van der Waals surface area (Å²) in [7, 11) is -3.58. The Kier molecular flexibility index (Phi) is 5.50. The van der Waals surface area contributed by atoms with Crippen molar-refractivity contribution in [1.29, 1.82) is 0 Å². The van der Waals surface area contributed by atoms with Crippen LogP contribution in [0.25, 0.3) is 0 Å². The van der Waals surface area contributed by atoms with Gasteiger partial charge in [0.05, 0.1) is 11.0 Å². The van der Waals surface area contributed by atoms with Crippen molar-refractivity contribution in [2.75, 3.05) is 13.2 Å². The van der Waals surface area contributed by atoms with Gasteiger partial charge in [-0.25, -0.2) is 13.1 Å². The third-order valence-corrected chi connectivity index (χ3v) is 7.03. The molecule has 1 amide bonds. The maximum absolute atomic E-state index is 12.5. The summed E-state index contributed by atoms with van der Waals surface area (Å²) < 4.78 is 32.3. The van der Waals surface area contributed by atoms with Crippen LogP contribution < -0.4 is 10.0 Å². The first-order valence-electron chi connectivity index (χ1n) is 9.06. The molecule has 7 heteroatoms. The zero-order valence-electron chi connectivity index (χ0n) is 15.0. The molecule has 0 saturated heterocycles. The van der Waals surface area contributed by atoms with E-state index in [2.05, 4.69) is 16.6 Å². The molecule has 0 unspecified atom stereocenters. The van der Waals surface area contributed by atoms with Crippen LogP contribution in [0, 0.1) is 5.41 Å². The molecule has 1 spiro atoms. The Morgan fingerprint density at radius 2 is 2.04 bits per heavy atom. The second-order valence-corrected chi connectivity index (χ2v) is 8.72. The molecule has 142 valence electrons. The maximum atomic E-state index is 12.5. The van der Waals surface area contributed by atoms with Crippen LogP contribution in [0.2, 0.25) is 0 Å². The molecule has 6 nitrogen and oxygen atoms in total. The number of hydrogen-bond acceptors (Lipinski definition) is 4. The third kappa shape index (κ3) is 3.43. The highest BCUT2D eigenvalue weighted by Crippen LogP contribution is 2.57. The molecule has 2 aliphatic rings. The molecule has 26 heavy (non-hydrogen) atoms. The summed E-state index contributed by atoms with van der Waals surface area (Å²) in [6.07, 6.45) is 5.93. The highest BCUT2D eigenvalue weighted by Gasteiger charge is 2.59. The minimum absolute atomic E-state index is 0.101. The van der Waals surface area contributed by atoms with Crippen molar-refractivity contribution in [3.05, 3.63) is 42.5 Å². The molecule has 2 atom stereocenters. The van der Waals surface area contributed by atoms with E-state index in [-0.39, 0.29) is 34.9 Å². The molecular weight excluding hydrogens is 352 g/mol. The van der Waals surface area contributed by atoms with Crippen LogP contribution in [0.15, 0.2) is 41.8 Å². The molecule has 3 rings (SSSR count). The van der Waals surface area contributed by atoms with Gasteiger partial charge >= 0.3 is 0 Å². The van der Waals surface area contributed by atoms with Crippen molar-refractivity contribution in [2.24, 2.45) is 5.41 Å². The maximum Gasteiger partial charge on any atom is 0.251 e. The van der Waals surface area contributed by atoms with Gasteiger partial charge in [-0.3, -0.25) is 4.79 Å². The minimum Gasteiger partial charge on any atom is -0.378 e. The average Bonchev–Trinajstić information content (AvgIpc) is 2.57. The second kappa shape index (κ2) is 7.50. The van der Waals surface area contributed by atoms with Crippen LogP contribution >= 0.6 is 0 Å². The predicted octanol–water partition coefficient (Wildman–Crippen LogP) is 2.23. The molecule has 2 fully saturated rings. The Hall–Kier alpha value is -1.70. The van der Waals surface area contributed by atoms with E-state index in [4.69, 9.17) is 4.74 Å². The molecule has 1 aromatic rings. The summed E-state index contributed by atoms with van der Waals surface area (Å²) in [5.74, 6) is -0.167. The summed E-state index contributed by atoms with van der Waals surface area (Å²) in [4.78, 5) is 12.7. The zero-order valence-corrected chi connectivity index (χ0v) is 15.8. The number of rotatable bonds is 8. The second-order valence-electron chi connectivity index (χ2n) is 6.96. The summed E-state index contributed by atoms with van der Waals surface area (Å²) in [6.45, 7) is 6.34. The molecule has 2 saturated carbocycles. The Morgan fingerprint density at radius 3 is 2.58 bits per heavy atom. The standard InChI is InChI=1S/C19H26N2O4S/c1-3-12-20-26(23,24)15-8-6-14(7-9-15)18(22)21-16-13-17(25-4-2)19(16)10-5-11-19/h3,6-9,16-17,20H,1,4-5,10-13H2,2H3,(H,21,22)/t16-,17-/m0/s1. The summed E-state index contributed by atoms with van der Waals surface area (Å²) in [5, 5.41) is 3.11. The monoisotopic (exact) mass is 378 g/mol. The van der Waals surface area contributed by atoms with Crippen LogP contribution in [0.5, 0.6) is 0 Å². The largest absolute Gasteiger partial charge is 0.378 e. The van der Waals surface area contributed by atoms with E-state index >= 15 is 0 Å². The molecule has 2 N–H and O–H groups in total. The van der Waals surface area contributed by atoms with Crippen LogP contribution in [0.3, 0.4) is 0 Å². The first-order valence-corrected chi connectivity index (χ1v) is 10.5. The van der Waals surface area contributed by atoms with Crippen molar-refractivity contribution in [3.8, 4) is 0 Å². The van der Waals surface area contributed by atoms with Crippen molar-refractivity contribution in [3.63, 3.8) is 0 Å². The first kappa shape index (κ1) is 19.1. The Balaban J connectivity index is 1.63. The topological polar surface area (TPSA) is 84.5 Å². The Labute approximate surface area is 155 Å². The van der Waals surface area contributed by atoms with Crippen LogP contribution in [0.1, 0.15) is 43.0 Å². The van der Waals surface area contributed by atoms with Gasteiger partial charge in [-0.2, -0.15) is 0 Å². The normalized spacial score (nSPS) is 23.7. The Morgan fingerprint density at radius 1 is 1.35 bits per heavy atom. The number of nitrogens with one attached hydrogen (secondary N) is 2. The molecule has 0 radical (unpaired) electrons. The number of ether oxygens (including phenoxy) is 1. The lowest BCUT2D eigenvalue weighted by Gasteiger charge is -2.61.